The Bertz CT molecular complexity index is 339. The summed E-state index contributed by atoms with van der Waals surface area (Å²) in [6.45, 7) is 7.21. The van der Waals surface area contributed by atoms with Crippen molar-refractivity contribution in [3.05, 3.63) is 12.7 Å². The largest absolute Gasteiger partial charge is 0.465 e. The normalized spacial score (nSPS) is 14.3. The molecule has 0 saturated carbocycles. The SMILES string of the molecule is CCCNC(C)(Cn1cncn1)C(=O)OCC. The fourth-order valence-electron chi connectivity index (χ4n) is 1.52. The molecule has 0 amide bonds. The standard InChI is InChI=1S/C11H20N4O2/c1-4-6-13-11(3,10(16)17-5-2)7-15-9-12-8-14-15/h8-9,13H,4-7H2,1-3H3. The monoisotopic (exact) mass is 240 g/mol. The van der Waals surface area contributed by atoms with Gasteiger partial charge in [-0.05, 0) is 26.8 Å². The van der Waals surface area contributed by atoms with E-state index in [1.165, 1.54) is 6.33 Å². The van der Waals surface area contributed by atoms with Gasteiger partial charge in [0.25, 0.3) is 0 Å². The van der Waals surface area contributed by atoms with Crippen molar-refractivity contribution in [1.29, 1.82) is 0 Å². The molecule has 6 nitrogen and oxygen atoms in total. The topological polar surface area (TPSA) is 69.0 Å². The highest BCUT2D eigenvalue weighted by atomic mass is 16.5. The second-order valence-electron chi connectivity index (χ2n) is 4.07. The number of ether oxygens (including phenoxy) is 1. The van der Waals surface area contributed by atoms with E-state index in [1.807, 2.05) is 13.8 Å². The fourth-order valence-corrected chi connectivity index (χ4v) is 1.52. The summed E-state index contributed by atoms with van der Waals surface area (Å²) in [5, 5.41) is 7.22. The number of aromatic nitrogens is 3. The molecule has 6 heteroatoms. The summed E-state index contributed by atoms with van der Waals surface area (Å²) in [4.78, 5) is 15.8. The first-order valence-electron chi connectivity index (χ1n) is 5.87. The van der Waals surface area contributed by atoms with Gasteiger partial charge in [-0.1, -0.05) is 6.92 Å². The summed E-state index contributed by atoms with van der Waals surface area (Å²) >= 11 is 0. The third-order valence-corrected chi connectivity index (χ3v) is 2.44. The number of esters is 1. The number of nitrogens with zero attached hydrogens (tertiary/aromatic N) is 3. The Morgan fingerprint density at radius 2 is 2.29 bits per heavy atom. The number of rotatable bonds is 7. The predicted octanol–water partition coefficient (Wildman–Crippen LogP) is 0.599. The highest BCUT2D eigenvalue weighted by molar-refractivity contribution is 5.80. The van der Waals surface area contributed by atoms with E-state index < -0.39 is 5.54 Å². The minimum absolute atomic E-state index is 0.260. The first-order chi connectivity index (χ1) is 8.12. The van der Waals surface area contributed by atoms with Crippen LogP contribution in [0.15, 0.2) is 12.7 Å². The van der Waals surface area contributed by atoms with Crippen molar-refractivity contribution < 1.29 is 9.53 Å². The molecule has 1 rings (SSSR count). The first-order valence-corrected chi connectivity index (χ1v) is 5.87. The van der Waals surface area contributed by atoms with Crippen molar-refractivity contribution in [3.63, 3.8) is 0 Å². The van der Waals surface area contributed by atoms with Crippen LogP contribution in [0.1, 0.15) is 27.2 Å². The summed E-state index contributed by atoms with van der Waals surface area (Å²) in [5.41, 5.74) is -0.764. The molecular formula is C11H20N4O2. The Kier molecular flexibility index (Phi) is 5.09. The summed E-state index contributed by atoms with van der Waals surface area (Å²) in [6, 6.07) is 0. The van der Waals surface area contributed by atoms with E-state index in [1.54, 1.807) is 17.9 Å². The van der Waals surface area contributed by atoms with Gasteiger partial charge < -0.3 is 10.1 Å². The summed E-state index contributed by atoms with van der Waals surface area (Å²) in [5.74, 6) is -0.260. The average Bonchev–Trinajstić information content (AvgIpc) is 2.79. The lowest BCUT2D eigenvalue weighted by Gasteiger charge is -2.28. The van der Waals surface area contributed by atoms with Crippen molar-refractivity contribution >= 4 is 5.97 Å². The second-order valence-corrected chi connectivity index (χ2v) is 4.07. The van der Waals surface area contributed by atoms with Crippen molar-refractivity contribution in [3.8, 4) is 0 Å². The molecule has 96 valence electrons. The minimum atomic E-state index is -0.764. The molecule has 0 radical (unpaired) electrons. The second kappa shape index (κ2) is 6.34. The van der Waals surface area contributed by atoms with Crippen LogP contribution in [-0.4, -0.2) is 39.4 Å². The Balaban J connectivity index is 2.73. The third-order valence-electron chi connectivity index (χ3n) is 2.44. The zero-order valence-electron chi connectivity index (χ0n) is 10.6. The van der Waals surface area contributed by atoms with E-state index >= 15 is 0 Å². The van der Waals surface area contributed by atoms with E-state index in [0.717, 1.165) is 13.0 Å². The number of carbonyl (C=O) groups excluding carboxylic acids is 1. The Labute approximate surface area is 101 Å². The number of hydrogen-bond acceptors (Lipinski definition) is 5. The van der Waals surface area contributed by atoms with E-state index in [-0.39, 0.29) is 5.97 Å². The highest BCUT2D eigenvalue weighted by Crippen LogP contribution is 2.10. The van der Waals surface area contributed by atoms with E-state index in [2.05, 4.69) is 15.4 Å². The quantitative estimate of drug-likeness (QED) is 0.707. The zero-order chi connectivity index (χ0) is 12.7. The van der Waals surface area contributed by atoms with Gasteiger partial charge in [-0.25, -0.2) is 9.78 Å². The molecule has 0 saturated heterocycles. The van der Waals surface area contributed by atoms with Crippen molar-refractivity contribution in [2.45, 2.75) is 39.3 Å². The zero-order valence-corrected chi connectivity index (χ0v) is 10.6. The Morgan fingerprint density at radius 1 is 1.53 bits per heavy atom. The van der Waals surface area contributed by atoms with Crippen LogP contribution in [0, 0.1) is 0 Å². The number of carbonyl (C=O) groups is 1. The number of hydrogen-bond donors (Lipinski definition) is 1. The molecule has 0 bridgehead atoms. The van der Waals surface area contributed by atoms with Crippen molar-refractivity contribution in [1.82, 2.24) is 20.1 Å². The summed E-state index contributed by atoms with van der Waals surface area (Å²) < 4.78 is 6.71. The van der Waals surface area contributed by atoms with Gasteiger partial charge in [-0.15, -0.1) is 0 Å². The van der Waals surface area contributed by atoms with Gasteiger partial charge in [-0.3, -0.25) is 4.68 Å². The predicted molar refractivity (Wildman–Crippen MR) is 63.4 cm³/mol. The highest BCUT2D eigenvalue weighted by Gasteiger charge is 2.34. The van der Waals surface area contributed by atoms with Crippen LogP contribution in [0.25, 0.3) is 0 Å². The molecular weight excluding hydrogens is 220 g/mol. The van der Waals surface area contributed by atoms with Crippen LogP contribution in [0.2, 0.25) is 0 Å². The molecule has 0 aliphatic heterocycles. The molecule has 1 atom stereocenters. The maximum atomic E-state index is 12.0. The fraction of sp³-hybridized carbons (Fsp3) is 0.727. The lowest BCUT2D eigenvalue weighted by Crippen LogP contribution is -2.53. The molecule has 0 aliphatic carbocycles. The van der Waals surface area contributed by atoms with E-state index in [9.17, 15) is 4.79 Å². The third kappa shape index (κ3) is 3.81. The van der Waals surface area contributed by atoms with Gasteiger partial charge >= 0.3 is 5.97 Å². The molecule has 1 N–H and O–H groups in total. The smallest absolute Gasteiger partial charge is 0.327 e. The minimum Gasteiger partial charge on any atom is -0.465 e. The van der Waals surface area contributed by atoms with E-state index in [0.29, 0.717) is 13.2 Å². The van der Waals surface area contributed by atoms with Gasteiger partial charge in [0.05, 0.1) is 13.2 Å². The molecule has 1 aromatic rings. The Morgan fingerprint density at radius 3 is 2.82 bits per heavy atom. The molecule has 0 spiro atoms. The van der Waals surface area contributed by atoms with Crippen LogP contribution < -0.4 is 5.32 Å². The average molecular weight is 240 g/mol. The molecule has 1 heterocycles. The molecule has 1 aromatic heterocycles. The molecule has 0 fully saturated rings. The van der Waals surface area contributed by atoms with Gasteiger partial charge in [0.1, 0.15) is 18.2 Å². The maximum absolute atomic E-state index is 12.0. The maximum Gasteiger partial charge on any atom is 0.327 e. The Hall–Kier alpha value is -1.43. The lowest BCUT2D eigenvalue weighted by molar-refractivity contribution is -0.151. The van der Waals surface area contributed by atoms with Crippen molar-refractivity contribution in [2.24, 2.45) is 0 Å². The van der Waals surface area contributed by atoms with Gasteiger partial charge in [0.15, 0.2) is 0 Å². The van der Waals surface area contributed by atoms with Gasteiger partial charge in [0.2, 0.25) is 0 Å². The summed E-state index contributed by atoms with van der Waals surface area (Å²) in [7, 11) is 0. The molecule has 0 aromatic carbocycles. The van der Waals surface area contributed by atoms with E-state index in [4.69, 9.17) is 4.74 Å². The van der Waals surface area contributed by atoms with Crippen LogP contribution >= 0.6 is 0 Å². The first kappa shape index (κ1) is 13.6. The van der Waals surface area contributed by atoms with Crippen LogP contribution in [0.4, 0.5) is 0 Å². The van der Waals surface area contributed by atoms with Crippen LogP contribution in [-0.2, 0) is 16.1 Å². The lowest BCUT2D eigenvalue weighted by atomic mass is 10.0. The van der Waals surface area contributed by atoms with Crippen LogP contribution in [0.5, 0.6) is 0 Å². The number of nitrogens with one attached hydrogen (secondary N) is 1. The van der Waals surface area contributed by atoms with Crippen molar-refractivity contribution in [2.75, 3.05) is 13.2 Å². The molecule has 1 unspecified atom stereocenters. The van der Waals surface area contributed by atoms with Gasteiger partial charge in [-0.2, -0.15) is 5.10 Å². The van der Waals surface area contributed by atoms with Crippen LogP contribution in [0.3, 0.4) is 0 Å². The van der Waals surface area contributed by atoms with Gasteiger partial charge in [0, 0.05) is 0 Å². The molecule has 17 heavy (non-hydrogen) atoms. The summed E-state index contributed by atoms with van der Waals surface area (Å²) in [6.07, 6.45) is 3.99. The molecule has 0 aliphatic rings.